The molecule has 288 valence electrons. The highest BCUT2D eigenvalue weighted by molar-refractivity contribution is 6.91. The Balaban J connectivity index is 1.18. The smallest absolute Gasteiger partial charge is 0.279 e. The number of ether oxygens (including phenoxy) is 3. The summed E-state index contributed by atoms with van der Waals surface area (Å²) < 4.78 is 21.8. The molecule has 1 saturated heterocycles. The fraction of sp³-hybridized carbons (Fsp3) is 0.326. The summed E-state index contributed by atoms with van der Waals surface area (Å²) in [4.78, 5) is 30.7. The first-order chi connectivity index (χ1) is 27.1. The fourth-order valence-electron chi connectivity index (χ4n) is 9.03. The van der Waals surface area contributed by atoms with Crippen molar-refractivity contribution < 1.29 is 24.1 Å². The molecule has 1 amide bonds. The first kappa shape index (κ1) is 37.3. The number of aliphatic hydroxyl groups is 1. The van der Waals surface area contributed by atoms with Crippen LogP contribution in [0.25, 0.3) is 16.5 Å². The number of benzene rings is 4. The van der Waals surface area contributed by atoms with E-state index < -0.39 is 13.7 Å². The molecule has 4 heterocycles. The van der Waals surface area contributed by atoms with Crippen molar-refractivity contribution in [1.82, 2.24) is 24.8 Å². The number of rotatable bonds is 12. The lowest BCUT2D eigenvalue weighted by Gasteiger charge is -2.37. The van der Waals surface area contributed by atoms with E-state index in [1.807, 2.05) is 83.9 Å². The van der Waals surface area contributed by atoms with Gasteiger partial charge < -0.3 is 24.2 Å². The third-order valence-electron chi connectivity index (χ3n) is 11.8. The lowest BCUT2D eigenvalue weighted by molar-refractivity contribution is -0.146. The van der Waals surface area contributed by atoms with Crippen molar-refractivity contribution in [2.24, 2.45) is 5.92 Å². The summed E-state index contributed by atoms with van der Waals surface area (Å²) in [5.74, 6) is 1.09. The zero-order valence-corrected chi connectivity index (χ0v) is 33.3. The largest absolute Gasteiger partial charge is 0.497 e. The summed E-state index contributed by atoms with van der Waals surface area (Å²) in [7, 11) is 0.910. The average molecular weight is 771 g/mol. The van der Waals surface area contributed by atoms with Gasteiger partial charge in [0.05, 0.1) is 63.6 Å². The first-order valence-electron chi connectivity index (χ1n) is 19.0. The number of methoxy groups -OCH3 is 2. The SMILES string of the molecule is COc1ccc([Si](C)(C)[C@H]2[C@H](CCn3cc(CCO)nn3)O[C@@]3(C(=O)N(Cc4cccc(-n5ncc6ccccc6c5=O)c4)c4ccc(OC)cc43)[C@@H]2C)cc1. The van der Waals surface area contributed by atoms with E-state index in [9.17, 15) is 9.90 Å². The number of carbonyl (C=O) groups is 1. The number of aromatic nitrogens is 5. The molecule has 4 aromatic carbocycles. The van der Waals surface area contributed by atoms with Gasteiger partial charge in [-0.3, -0.25) is 14.3 Å². The molecule has 2 aliphatic rings. The standard InChI is InChI=1S/C43H46N6O6Si/c1-28-40(56(4,5)35-16-13-33(53-2)14-17-35)39(19-21-47-27-31(20-22-50)45-46-47)55-43(28)37-24-34(54-3)15-18-38(37)48(42(43)52)26-29-9-8-11-32(23-29)49-41(51)36-12-7-6-10-30(36)25-44-49/h6-18,23-25,27-28,39-40,50H,19-22,26H2,1-5H3/t28-,39+,40-,43+/m1/s1. The molecule has 0 radical (unpaired) electrons. The Morgan fingerprint density at radius 1 is 0.929 bits per heavy atom. The average Bonchev–Trinajstić information content (AvgIpc) is 3.87. The van der Waals surface area contributed by atoms with Crippen molar-refractivity contribution in [2.45, 2.75) is 63.2 Å². The number of aliphatic hydroxyl groups excluding tert-OH is 1. The van der Waals surface area contributed by atoms with Gasteiger partial charge in [-0.2, -0.15) is 9.78 Å². The van der Waals surface area contributed by atoms with Gasteiger partial charge in [0.1, 0.15) is 11.5 Å². The van der Waals surface area contributed by atoms with Gasteiger partial charge in [0.15, 0.2) is 5.60 Å². The minimum Gasteiger partial charge on any atom is -0.497 e. The van der Waals surface area contributed by atoms with Crippen molar-refractivity contribution in [3.8, 4) is 17.2 Å². The van der Waals surface area contributed by atoms with Gasteiger partial charge in [-0.05, 0) is 66.1 Å². The van der Waals surface area contributed by atoms with Gasteiger partial charge in [-0.15, -0.1) is 5.10 Å². The molecule has 1 spiro atoms. The van der Waals surface area contributed by atoms with E-state index in [0.717, 1.165) is 33.6 Å². The van der Waals surface area contributed by atoms with Crippen LogP contribution in [0, 0.1) is 5.92 Å². The monoisotopic (exact) mass is 770 g/mol. The molecule has 0 unspecified atom stereocenters. The number of anilines is 1. The van der Waals surface area contributed by atoms with E-state index in [1.165, 1.54) is 9.87 Å². The van der Waals surface area contributed by atoms with Crippen LogP contribution >= 0.6 is 0 Å². The van der Waals surface area contributed by atoms with Crippen molar-refractivity contribution >= 4 is 35.6 Å². The zero-order chi connectivity index (χ0) is 39.2. The van der Waals surface area contributed by atoms with E-state index in [1.54, 1.807) is 31.2 Å². The van der Waals surface area contributed by atoms with Gasteiger partial charge in [0.2, 0.25) is 0 Å². The molecule has 56 heavy (non-hydrogen) atoms. The fourth-order valence-corrected chi connectivity index (χ4v) is 13.1. The lowest BCUT2D eigenvalue weighted by atomic mass is 9.82. The van der Waals surface area contributed by atoms with E-state index in [2.05, 4.69) is 47.6 Å². The normalized spacial score (nSPS) is 20.6. The molecular weight excluding hydrogens is 725 g/mol. The second-order valence-corrected chi connectivity index (χ2v) is 20.0. The quantitative estimate of drug-likeness (QED) is 0.163. The van der Waals surface area contributed by atoms with Gasteiger partial charge in [-0.1, -0.05) is 72.9 Å². The maximum absolute atomic E-state index is 15.4. The van der Waals surface area contributed by atoms with Crippen molar-refractivity contribution in [3.05, 3.63) is 131 Å². The molecule has 2 aliphatic heterocycles. The van der Waals surface area contributed by atoms with E-state index >= 15 is 4.79 Å². The molecular formula is C43H46N6O6Si. The predicted molar refractivity (Wildman–Crippen MR) is 217 cm³/mol. The molecule has 13 heteroatoms. The Labute approximate surface area is 326 Å². The minimum absolute atomic E-state index is 0.00118. The number of aryl methyl sites for hydroxylation is 1. The Hall–Kier alpha value is -5.63. The number of carbonyl (C=O) groups excluding carboxylic acids is 1. The molecule has 0 saturated carbocycles. The number of hydrogen-bond acceptors (Lipinski definition) is 9. The number of amides is 1. The molecule has 0 bridgehead atoms. The minimum atomic E-state index is -2.39. The molecule has 12 nitrogen and oxygen atoms in total. The van der Waals surface area contributed by atoms with Crippen LogP contribution in [0.4, 0.5) is 5.69 Å². The third-order valence-corrected chi connectivity index (χ3v) is 16.2. The van der Waals surface area contributed by atoms with Gasteiger partial charge in [0.25, 0.3) is 11.5 Å². The highest BCUT2D eigenvalue weighted by Gasteiger charge is 2.66. The lowest BCUT2D eigenvalue weighted by Crippen LogP contribution is -2.51. The molecule has 8 rings (SSSR count). The van der Waals surface area contributed by atoms with Crippen LogP contribution in [0.1, 0.15) is 30.2 Å². The Kier molecular flexibility index (Phi) is 9.85. The van der Waals surface area contributed by atoms with E-state index in [4.69, 9.17) is 14.2 Å². The predicted octanol–water partition coefficient (Wildman–Crippen LogP) is 5.38. The summed E-state index contributed by atoms with van der Waals surface area (Å²) in [5, 5.41) is 25.1. The second kappa shape index (κ2) is 14.8. The first-order valence-corrected chi connectivity index (χ1v) is 22.1. The summed E-state index contributed by atoms with van der Waals surface area (Å²) in [6, 6.07) is 29.1. The van der Waals surface area contributed by atoms with Gasteiger partial charge >= 0.3 is 0 Å². The van der Waals surface area contributed by atoms with Crippen LogP contribution < -0.4 is 25.1 Å². The van der Waals surface area contributed by atoms with Crippen molar-refractivity contribution in [2.75, 3.05) is 25.7 Å². The Bertz CT molecular complexity index is 2470. The summed E-state index contributed by atoms with van der Waals surface area (Å²) in [6.45, 7) is 7.68. The summed E-state index contributed by atoms with van der Waals surface area (Å²) in [6.07, 6.45) is 4.30. The highest BCUT2D eigenvalue weighted by atomic mass is 28.3. The van der Waals surface area contributed by atoms with E-state index in [0.29, 0.717) is 36.2 Å². The van der Waals surface area contributed by atoms with Crippen molar-refractivity contribution in [1.29, 1.82) is 0 Å². The topological polar surface area (TPSA) is 134 Å². The Morgan fingerprint density at radius 2 is 1.70 bits per heavy atom. The molecule has 1 fully saturated rings. The Morgan fingerprint density at radius 3 is 2.46 bits per heavy atom. The highest BCUT2D eigenvalue weighted by Crippen LogP contribution is 2.60. The maximum Gasteiger partial charge on any atom is 0.279 e. The maximum atomic E-state index is 15.4. The second-order valence-electron chi connectivity index (χ2n) is 15.3. The van der Waals surface area contributed by atoms with Crippen molar-refractivity contribution in [3.63, 3.8) is 0 Å². The number of nitrogens with zero attached hydrogens (tertiary/aromatic N) is 6. The summed E-state index contributed by atoms with van der Waals surface area (Å²) >= 11 is 0. The molecule has 6 aromatic rings. The molecule has 2 aromatic heterocycles. The van der Waals surface area contributed by atoms with Crippen LogP contribution in [-0.2, 0) is 34.6 Å². The van der Waals surface area contributed by atoms with Gasteiger partial charge in [-0.25, -0.2) is 0 Å². The van der Waals surface area contributed by atoms with Crippen LogP contribution in [0.15, 0.2) is 108 Å². The van der Waals surface area contributed by atoms with Gasteiger partial charge in [0, 0.05) is 42.6 Å². The molecule has 0 aliphatic carbocycles. The van der Waals surface area contributed by atoms with Crippen LogP contribution in [-0.4, -0.2) is 70.8 Å². The number of fused-ring (bicyclic) bond motifs is 3. The van der Waals surface area contributed by atoms with E-state index in [-0.39, 0.29) is 42.2 Å². The van der Waals surface area contributed by atoms with Crippen LogP contribution in [0.2, 0.25) is 18.6 Å². The molecule has 4 atom stereocenters. The van der Waals surface area contributed by atoms with Crippen LogP contribution in [0.5, 0.6) is 11.5 Å². The summed E-state index contributed by atoms with van der Waals surface area (Å²) in [5.41, 5.74) is 2.26. The number of hydrogen-bond donors (Lipinski definition) is 1. The third kappa shape index (κ3) is 6.29. The van der Waals surface area contributed by atoms with Crippen LogP contribution in [0.3, 0.4) is 0 Å². The molecule has 1 N–H and O–H groups in total. The zero-order valence-electron chi connectivity index (χ0n) is 32.3.